The Morgan fingerprint density at radius 2 is 2.22 bits per heavy atom. The first kappa shape index (κ1) is 15.1. The highest BCUT2D eigenvalue weighted by Gasteiger charge is 2.11. The van der Waals surface area contributed by atoms with Crippen LogP contribution in [0.2, 0.25) is 5.02 Å². The summed E-state index contributed by atoms with van der Waals surface area (Å²) in [6.07, 6.45) is 1.56. The minimum Gasteiger partial charge on any atom is -0.382 e. The molecule has 3 aromatic rings. The fourth-order valence-electron chi connectivity index (χ4n) is 2.21. The van der Waals surface area contributed by atoms with Crippen LogP contribution in [0.3, 0.4) is 0 Å². The van der Waals surface area contributed by atoms with E-state index in [0.29, 0.717) is 27.6 Å². The molecule has 0 bridgehead atoms. The van der Waals surface area contributed by atoms with Crippen LogP contribution in [-0.4, -0.2) is 21.2 Å². The lowest BCUT2D eigenvalue weighted by molar-refractivity contribution is 0.249. The number of carbonyl (C=O) groups excluding carboxylic acids is 1. The number of anilines is 2. The Balaban J connectivity index is 1.68. The third kappa shape index (κ3) is 3.35. The number of aromatic nitrogens is 3. The Bertz CT molecular complexity index is 862. The Hall–Kier alpha value is -2.80. The number of urea groups is 1. The fraction of sp³-hybridized carbons (Fsp3) is 0.133. The monoisotopic (exact) mass is 330 g/mol. The largest absolute Gasteiger partial charge is 0.382 e. The molecule has 8 heteroatoms. The van der Waals surface area contributed by atoms with Gasteiger partial charge in [-0.15, -0.1) is 0 Å². The zero-order valence-electron chi connectivity index (χ0n) is 12.3. The first-order valence-corrected chi connectivity index (χ1v) is 7.33. The second-order valence-corrected chi connectivity index (χ2v) is 5.54. The van der Waals surface area contributed by atoms with Gasteiger partial charge in [0.25, 0.3) is 0 Å². The lowest BCUT2D eigenvalue weighted by Crippen LogP contribution is -2.31. The SMILES string of the molecule is C[C@@H](NC(=O)Nc1cc2[nH]nc(N)c2cn1)c1cccc(Cl)c1. The molecule has 0 saturated heterocycles. The van der Waals surface area contributed by atoms with Crippen molar-refractivity contribution in [3.63, 3.8) is 0 Å². The number of benzene rings is 1. The van der Waals surface area contributed by atoms with Gasteiger partial charge < -0.3 is 11.1 Å². The van der Waals surface area contributed by atoms with Gasteiger partial charge in [0.2, 0.25) is 0 Å². The highest BCUT2D eigenvalue weighted by atomic mass is 35.5. The van der Waals surface area contributed by atoms with Crippen molar-refractivity contribution in [2.45, 2.75) is 13.0 Å². The summed E-state index contributed by atoms with van der Waals surface area (Å²) < 4.78 is 0. The van der Waals surface area contributed by atoms with E-state index in [1.807, 2.05) is 25.1 Å². The van der Waals surface area contributed by atoms with Crippen molar-refractivity contribution in [1.29, 1.82) is 0 Å². The maximum Gasteiger partial charge on any atom is 0.320 e. The van der Waals surface area contributed by atoms with Gasteiger partial charge in [0.05, 0.1) is 16.9 Å². The molecule has 1 atom stereocenters. The van der Waals surface area contributed by atoms with E-state index in [1.54, 1.807) is 18.3 Å². The van der Waals surface area contributed by atoms with E-state index in [-0.39, 0.29) is 12.1 Å². The van der Waals surface area contributed by atoms with E-state index in [2.05, 4.69) is 25.8 Å². The van der Waals surface area contributed by atoms with Crippen LogP contribution in [0.15, 0.2) is 36.5 Å². The Morgan fingerprint density at radius 3 is 3.00 bits per heavy atom. The van der Waals surface area contributed by atoms with Crippen LogP contribution in [0.4, 0.5) is 16.4 Å². The Labute approximate surface area is 137 Å². The van der Waals surface area contributed by atoms with Crippen molar-refractivity contribution in [3.05, 3.63) is 47.1 Å². The Morgan fingerprint density at radius 1 is 1.39 bits per heavy atom. The summed E-state index contributed by atoms with van der Waals surface area (Å²) >= 11 is 5.95. The summed E-state index contributed by atoms with van der Waals surface area (Å²) in [6, 6.07) is 8.44. The molecule has 0 aliphatic heterocycles. The molecule has 2 heterocycles. The van der Waals surface area contributed by atoms with Gasteiger partial charge in [0.15, 0.2) is 5.82 Å². The first-order valence-electron chi connectivity index (χ1n) is 6.95. The lowest BCUT2D eigenvalue weighted by Gasteiger charge is -2.15. The number of rotatable bonds is 3. The predicted molar refractivity (Wildman–Crippen MR) is 90.3 cm³/mol. The summed E-state index contributed by atoms with van der Waals surface area (Å²) in [5, 5.41) is 13.5. The van der Waals surface area contributed by atoms with Crippen LogP contribution < -0.4 is 16.4 Å². The van der Waals surface area contributed by atoms with Crippen molar-refractivity contribution in [1.82, 2.24) is 20.5 Å². The van der Waals surface area contributed by atoms with Gasteiger partial charge >= 0.3 is 6.03 Å². The average Bonchev–Trinajstić information content (AvgIpc) is 2.88. The maximum absolute atomic E-state index is 12.1. The summed E-state index contributed by atoms with van der Waals surface area (Å²) in [4.78, 5) is 16.2. The van der Waals surface area contributed by atoms with Crippen LogP contribution in [-0.2, 0) is 0 Å². The van der Waals surface area contributed by atoms with E-state index in [9.17, 15) is 4.79 Å². The number of hydrogen-bond acceptors (Lipinski definition) is 4. The van der Waals surface area contributed by atoms with Gasteiger partial charge in [-0.1, -0.05) is 23.7 Å². The van der Waals surface area contributed by atoms with Crippen molar-refractivity contribution in [3.8, 4) is 0 Å². The molecule has 2 amide bonds. The molecule has 0 saturated carbocycles. The zero-order chi connectivity index (χ0) is 16.4. The normalized spacial score (nSPS) is 12.1. The molecule has 7 nitrogen and oxygen atoms in total. The van der Waals surface area contributed by atoms with Crippen LogP contribution in [0, 0.1) is 0 Å². The van der Waals surface area contributed by atoms with Gasteiger partial charge in [-0.25, -0.2) is 9.78 Å². The van der Waals surface area contributed by atoms with E-state index >= 15 is 0 Å². The van der Waals surface area contributed by atoms with Gasteiger partial charge in [-0.2, -0.15) is 5.10 Å². The molecule has 118 valence electrons. The minimum atomic E-state index is -0.364. The second kappa shape index (κ2) is 6.13. The number of hydrogen-bond donors (Lipinski definition) is 4. The topological polar surface area (TPSA) is 109 Å². The average molecular weight is 331 g/mol. The molecule has 0 aliphatic rings. The van der Waals surface area contributed by atoms with E-state index in [0.717, 1.165) is 5.56 Å². The standard InChI is InChI=1S/C15H15ClN6O/c1-8(9-3-2-4-10(16)5-9)19-15(23)20-13-6-12-11(7-18-13)14(17)22-21-12/h2-8H,1H3,(H3,17,21,22)(H2,18,19,20,23)/t8-/m1/s1. The number of carbonyl (C=O) groups is 1. The quantitative estimate of drug-likeness (QED) is 0.591. The zero-order valence-corrected chi connectivity index (χ0v) is 13.1. The van der Waals surface area contributed by atoms with Gasteiger partial charge in [0, 0.05) is 17.3 Å². The number of nitrogens with two attached hydrogens (primary N) is 1. The number of halogens is 1. The van der Waals surface area contributed by atoms with E-state index < -0.39 is 0 Å². The molecule has 1 aromatic carbocycles. The number of nitrogens with one attached hydrogen (secondary N) is 3. The molecule has 0 aliphatic carbocycles. The Kier molecular flexibility index (Phi) is 4.03. The molecule has 2 aromatic heterocycles. The number of amides is 2. The molecule has 23 heavy (non-hydrogen) atoms. The molecule has 0 fully saturated rings. The number of fused-ring (bicyclic) bond motifs is 1. The van der Waals surface area contributed by atoms with E-state index in [1.165, 1.54) is 0 Å². The fourth-order valence-corrected chi connectivity index (χ4v) is 2.41. The van der Waals surface area contributed by atoms with Gasteiger partial charge in [-0.05, 0) is 24.6 Å². The number of pyridine rings is 1. The first-order chi connectivity index (χ1) is 11.0. The number of nitrogens with zero attached hydrogens (tertiary/aromatic N) is 2. The summed E-state index contributed by atoms with van der Waals surface area (Å²) in [5.74, 6) is 0.773. The number of nitrogen functional groups attached to an aromatic ring is 1. The van der Waals surface area contributed by atoms with Crippen LogP contribution >= 0.6 is 11.6 Å². The smallest absolute Gasteiger partial charge is 0.320 e. The third-order valence-electron chi connectivity index (χ3n) is 3.41. The van der Waals surface area contributed by atoms with Crippen LogP contribution in [0.1, 0.15) is 18.5 Å². The molecular formula is C15H15ClN6O. The third-order valence-corrected chi connectivity index (χ3v) is 3.65. The second-order valence-electron chi connectivity index (χ2n) is 5.10. The highest BCUT2D eigenvalue weighted by molar-refractivity contribution is 6.30. The number of aromatic amines is 1. The van der Waals surface area contributed by atoms with Crippen molar-refractivity contribution >= 4 is 40.2 Å². The van der Waals surface area contributed by atoms with Crippen LogP contribution in [0.25, 0.3) is 10.9 Å². The van der Waals surface area contributed by atoms with E-state index in [4.69, 9.17) is 17.3 Å². The molecule has 0 radical (unpaired) electrons. The van der Waals surface area contributed by atoms with Crippen molar-refractivity contribution in [2.24, 2.45) is 0 Å². The maximum atomic E-state index is 12.1. The predicted octanol–water partition coefficient (Wildman–Crippen LogP) is 3.08. The molecular weight excluding hydrogens is 316 g/mol. The lowest BCUT2D eigenvalue weighted by atomic mass is 10.1. The molecule has 5 N–H and O–H groups in total. The van der Waals surface area contributed by atoms with Gasteiger partial charge in [-0.3, -0.25) is 10.4 Å². The molecule has 0 unspecified atom stereocenters. The minimum absolute atomic E-state index is 0.194. The molecule has 0 spiro atoms. The molecule has 3 rings (SSSR count). The summed E-state index contributed by atoms with van der Waals surface area (Å²) in [5.41, 5.74) is 7.30. The van der Waals surface area contributed by atoms with Crippen molar-refractivity contribution in [2.75, 3.05) is 11.1 Å². The number of H-pyrrole nitrogens is 1. The summed E-state index contributed by atoms with van der Waals surface area (Å²) in [7, 11) is 0. The van der Waals surface area contributed by atoms with Gasteiger partial charge in [0.1, 0.15) is 5.82 Å². The van der Waals surface area contributed by atoms with Crippen molar-refractivity contribution < 1.29 is 4.79 Å². The highest BCUT2D eigenvalue weighted by Crippen LogP contribution is 2.20. The van der Waals surface area contributed by atoms with Crippen LogP contribution in [0.5, 0.6) is 0 Å². The summed E-state index contributed by atoms with van der Waals surface area (Å²) in [6.45, 7) is 1.87.